The Balaban J connectivity index is 1.10. The molecule has 0 aliphatic heterocycles. The Morgan fingerprint density at radius 1 is 0.306 bits per heavy atom. The normalized spacial score (nSPS) is 11.7. The molecule has 0 radical (unpaired) electrons. The van der Waals surface area contributed by atoms with Gasteiger partial charge in [0.15, 0.2) is 5.82 Å². The van der Waals surface area contributed by atoms with Crippen LogP contribution in [0.25, 0.3) is 99.6 Å². The van der Waals surface area contributed by atoms with Crippen molar-refractivity contribution < 1.29 is 4.42 Å². The molecule has 0 atom stereocenters. The van der Waals surface area contributed by atoms with Gasteiger partial charge in [0, 0.05) is 27.5 Å². The van der Waals surface area contributed by atoms with Gasteiger partial charge in [0.2, 0.25) is 0 Å². The molecule has 49 heavy (non-hydrogen) atoms. The van der Waals surface area contributed by atoms with Crippen molar-refractivity contribution in [2.75, 3.05) is 0 Å². The Labute approximate surface area is 283 Å². The van der Waals surface area contributed by atoms with E-state index in [1.165, 1.54) is 32.3 Å². The Kier molecular flexibility index (Phi) is 6.18. The predicted octanol–water partition coefficient (Wildman–Crippen LogP) is 12.5. The fourth-order valence-corrected chi connectivity index (χ4v) is 7.31. The Morgan fingerprint density at radius 2 is 0.796 bits per heavy atom. The van der Waals surface area contributed by atoms with Crippen molar-refractivity contribution in [3.63, 3.8) is 0 Å². The van der Waals surface area contributed by atoms with Crippen molar-refractivity contribution in [3.8, 4) is 56.2 Å². The molecule has 2 heterocycles. The number of hydrogen-bond acceptors (Lipinski definition) is 3. The van der Waals surface area contributed by atoms with E-state index in [1.807, 2.05) is 36.4 Å². The summed E-state index contributed by atoms with van der Waals surface area (Å²) in [6.45, 7) is 0. The first-order valence-electron chi connectivity index (χ1n) is 16.6. The molecule has 0 amide bonds. The van der Waals surface area contributed by atoms with Crippen molar-refractivity contribution in [1.82, 2.24) is 9.97 Å². The first-order chi connectivity index (χ1) is 24.3. The lowest BCUT2D eigenvalue weighted by Crippen LogP contribution is -1.96. The molecular formula is C46H28N2O. The molecule has 0 N–H and O–H groups in total. The number of benzene rings is 8. The summed E-state index contributed by atoms with van der Waals surface area (Å²) in [6.07, 6.45) is 0. The van der Waals surface area contributed by atoms with Crippen LogP contribution in [-0.4, -0.2) is 9.97 Å². The maximum Gasteiger partial charge on any atom is 0.160 e. The quantitative estimate of drug-likeness (QED) is 0.179. The summed E-state index contributed by atoms with van der Waals surface area (Å²) < 4.78 is 6.50. The summed E-state index contributed by atoms with van der Waals surface area (Å²) in [5.74, 6) is 0.700. The lowest BCUT2D eigenvalue weighted by Gasteiger charge is -2.12. The first-order valence-corrected chi connectivity index (χ1v) is 16.6. The molecule has 0 bridgehead atoms. The zero-order chi connectivity index (χ0) is 32.3. The second kappa shape index (κ2) is 11.0. The number of fused-ring (bicyclic) bond motifs is 3. The van der Waals surface area contributed by atoms with Gasteiger partial charge in [0.1, 0.15) is 11.2 Å². The van der Waals surface area contributed by atoms with Gasteiger partial charge in [-0.15, -0.1) is 0 Å². The highest BCUT2D eigenvalue weighted by atomic mass is 16.3. The highest BCUT2D eigenvalue weighted by Gasteiger charge is 2.18. The average molecular weight is 625 g/mol. The van der Waals surface area contributed by atoms with Gasteiger partial charge >= 0.3 is 0 Å². The monoisotopic (exact) mass is 624 g/mol. The van der Waals surface area contributed by atoms with Gasteiger partial charge in [-0.05, 0) is 80.2 Å². The zero-order valence-electron chi connectivity index (χ0n) is 26.5. The lowest BCUT2D eigenvalue weighted by molar-refractivity contribution is 0.669. The number of furan rings is 1. The van der Waals surface area contributed by atoms with E-state index in [0.717, 1.165) is 61.5 Å². The van der Waals surface area contributed by atoms with Crippen molar-refractivity contribution in [1.29, 1.82) is 0 Å². The van der Waals surface area contributed by atoms with Crippen molar-refractivity contribution >= 4 is 43.5 Å². The van der Waals surface area contributed by atoms with Crippen LogP contribution in [0.1, 0.15) is 0 Å². The van der Waals surface area contributed by atoms with Crippen molar-refractivity contribution in [3.05, 3.63) is 170 Å². The molecule has 0 aliphatic rings. The van der Waals surface area contributed by atoms with Gasteiger partial charge in [0.25, 0.3) is 0 Å². The topological polar surface area (TPSA) is 38.9 Å². The van der Waals surface area contributed by atoms with Gasteiger partial charge in [-0.2, -0.15) is 0 Å². The molecule has 0 spiro atoms. The van der Waals surface area contributed by atoms with Crippen molar-refractivity contribution in [2.45, 2.75) is 0 Å². The minimum absolute atomic E-state index is 0.700. The minimum Gasteiger partial charge on any atom is -0.456 e. The van der Waals surface area contributed by atoms with Gasteiger partial charge in [-0.25, -0.2) is 9.97 Å². The molecule has 0 fully saturated rings. The third-order valence-electron chi connectivity index (χ3n) is 9.62. The summed E-state index contributed by atoms with van der Waals surface area (Å²) in [6, 6.07) is 59.6. The molecule has 0 saturated carbocycles. The van der Waals surface area contributed by atoms with Crippen LogP contribution in [0, 0.1) is 0 Å². The van der Waals surface area contributed by atoms with Crippen molar-refractivity contribution in [2.24, 2.45) is 0 Å². The van der Waals surface area contributed by atoms with E-state index in [4.69, 9.17) is 14.4 Å². The van der Waals surface area contributed by atoms with Gasteiger partial charge < -0.3 is 4.42 Å². The first kappa shape index (κ1) is 27.5. The fourth-order valence-electron chi connectivity index (χ4n) is 7.31. The highest BCUT2D eigenvalue weighted by Crippen LogP contribution is 2.44. The highest BCUT2D eigenvalue weighted by molar-refractivity contribution is 6.33. The Hall–Kier alpha value is -6.58. The third-order valence-corrected chi connectivity index (χ3v) is 9.62. The second-order valence-electron chi connectivity index (χ2n) is 12.6. The summed E-state index contributed by atoms with van der Waals surface area (Å²) in [4.78, 5) is 10.1. The molecule has 0 unspecified atom stereocenters. The largest absolute Gasteiger partial charge is 0.456 e. The number of rotatable bonds is 5. The fraction of sp³-hybridized carbons (Fsp3) is 0. The van der Waals surface area contributed by atoms with E-state index < -0.39 is 0 Å². The van der Waals surface area contributed by atoms with E-state index in [2.05, 4.69) is 133 Å². The smallest absolute Gasteiger partial charge is 0.160 e. The summed E-state index contributed by atoms with van der Waals surface area (Å²) >= 11 is 0. The van der Waals surface area contributed by atoms with Crippen LogP contribution < -0.4 is 0 Å². The number of aromatic nitrogens is 2. The predicted molar refractivity (Wildman–Crippen MR) is 203 cm³/mol. The van der Waals surface area contributed by atoms with Crippen LogP contribution in [-0.2, 0) is 0 Å². The SMILES string of the molecule is c1ccc(-c2cc(-c3ccccc3)nc(-c3cccc(-c4cccc(-c5cc6oc7cccc8c9ccccc9c(c5)c6c78)c4)c3)n2)cc1. The molecular weight excluding hydrogens is 597 g/mol. The lowest BCUT2D eigenvalue weighted by atomic mass is 9.91. The molecule has 10 aromatic rings. The van der Waals surface area contributed by atoms with Crippen LogP contribution in [0.15, 0.2) is 174 Å². The van der Waals surface area contributed by atoms with E-state index >= 15 is 0 Å². The summed E-state index contributed by atoms with van der Waals surface area (Å²) in [5, 5.41) is 7.36. The summed E-state index contributed by atoms with van der Waals surface area (Å²) in [5.41, 5.74) is 11.2. The number of hydrogen-bond donors (Lipinski definition) is 0. The van der Waals surface area contributed by atoms with E-state index in [0.29, 0.717) is 5.82 Å². The molecule has 2 aromatic heterocycles. The standard InChI is InChI=1S/C46H28N2O/c1-3-12-29(13-4-1)40-28-41(30-14-5-2-6-15-30)48-46(47-40)34-19-10-17-32(25-34)31-16-9-18-33(24-31)35-26-39-37-21-8-7-20-36(37)38-22-11-23-42-44(38)45(39)43(27-35)49-42/h1-28H. The number of nitrogens with zero attached hydrogens (tertiary/aromatic N) is 2. The van der Waals surface area contributed by atoms with Crippen LogP contribution in [0.3, 0.4) is 0 Å². The maximum absolute atomic E-state index is 6.50. The van der Waals surface area contributed by atoms with Gasteiger partial charge in [0.05, 0.1) is 11.4 Å². The molecule has 0 aliphatic carbocycles. The van der Waals surface area contributed by atoms with E-state index in [1.54, 1.807) is 0 Å². The van der Waals surface area contributed by atoms with E-state index in [-0.39, 0.29) is 0 Å². The maximum atomic E-state index is 6.50. The molecule has 3 nitrogen and oxygen atoms in total. The van der Waals surface area contributed by atoms with Crippen LogP contribution in [0.2, 0.25) is 0 Å². The second-order valence-corrected chi connectivity index (χ2v) is 12.6. The van der Waals surface area contributed by atoms with Gasteiger partial charge in [-0.3, -0.25) is 0 Å². The third kappa shape index (κ3) is 4.59. The minimum atomic E-state index is 0.700. The average Bonchev–Trinajstić information content (AvgIpc) is 3.57. The van der Waals surface area contributed by atoms with Crippen LogP contribution >= 0.6 is 0 Å². The molecule has 10 rings (SSSR count). The van der Waals surface area contributed by atoms with Gasteiger partial charge in [-0.1, -0.05) is 133 Å². The Bertz CT molecular complexity index is 2760. The molecule has 3 heteroatoms. The van der Waals surface area contributed by atoms with Crippen LogP contribution in [0.5, 0.6) is 0 Å². The molecule has 0 saturated heterocycles. The molecule has 8 aromatic carbocycles. The zero-order valence-corrected chi connectivity index (χ0v) is 26.5. The molecule has 228 valence electrons. The van der Waals surface area contributed by atoms with E-state index in [9.17, 15) is 0 Å². The van der Waals surface area contributed by atoms with Crippen LogP contribution in [0.4, 0.5) is 0 Å². The Morgan fingerprint density at radius 3 is 1.47 bits per heavy atom. The summed E-state index contributed by atoms with van der Waals surface area (Å²) in [7, 11) is 0.